The van der Waals surface area contributed by atoms with Gasteiger partial charge in [-0.2, -0.15) is 0 Å². The van der Waals surface area contributed by atoms with Crippen molar-refractivity contribution < 1.29 is 9.90 Å². The van der Waals surface area contributed by atoms with E-state index < -0.39 is 5.97 Å². The van der Waals surface area contributed by atoms with Crippen molar-refractivity contribution in [1.29, 1.82) is 0 Å². The van der Waals surface area contributed by atoms with Crippen LogP contribution in [0.5, 0.6) is 0 Å². The van der Waals surface area contributed by atoms with Crippen LogP contribution in [0.3, 0.4) is 0 Å². The minimum Gasteiger partial charge on any atom is -0.481 e. The molecular formula is C17H16Cl2N2O2S2. The Morgan fingerprint density at radius 3 is 2.60 bits per heavy atom. The number of carboxylic acid groups (broad SMARTS) is 1. The first kappa shape index (κ1) is 19.7. The van der Waals surface area contributed by atoms with Crippen molar-refractivity contribution >= 4 is 57.8 Å². The molecule has 0 saturated heterocycles. The normalized spacial score (nSPS) is 10.3. The molecule has 0 amide bonds. The molecule has 0 bridgehead atoms. The third kappa shape index (κ3) is 5.44. The number of rotatable bonds is 7. The third-order valence-electron chi connectivity index (χ3n) is 3.42. The van der Waals surface area contributed by atoms with E-state index in [2.05, 4.69) is 4.98 Å². The van der Waals surface area contributed by atoms with Gasteiger partial charge in [0.05, 0.1) is 18.7 Å². The number of anilines is 1. The highest BCUT2D eigenvalue weighted by Gasteiger charge is 2.14. The van der Waals surface area contributed by atoms with Gasteiger partial charge in [-0.25, -0.2) is 4.98 Å². The molecule has 0 aliphatic heterocycles. The molecule has 8 heteroatoms. The summed E-state index contributed by atoms with van der Waals surface area (Å²) in [6.07, 6.45) is 0.0846. The van der Waals surface area contributed by atoms with Gasteiger partial charge in [-0.05, 0) is 23.6 Å². The van der Waals surface area contributed by atoms with E-state index in [9.17, 15) is 4.79 Å². The number of aliphatic carboxylic acids is 1. The topological polar surface area (TPSA) is 53.4 Å². The molecule has 0 aliphatic rings. The van der Waals surface area contributed by atoms with Crippen LogP contribution in [0.25, 0.3) is 11.3 Å². The van der Waals surface area contributed by atoms with Gasteiger partial charge in [0.25, 0.3) is 0 Å². The fourth-order valence-corrected chi connectivity index (χ4v) is 3.93. The minimum absolute atomic E-state index is 0. The van der Waals surface area contributed by atoms with Crippen molar-refractivity contribution in [2.75, 3.05) is 11.4 Å². The molecule has 132 valence electrons. The molecule has 0 aliphatic carbocycles. The average Bonchev–Trinajstić information content (AvgIpc) is 3.23. The number of carbonyl (C=O) groups is 1. The van der Waals surface area contributed by atoms with Gasteiger partial charge >= 0.3 is 5.97 Å². The quantitative estimate of drug-likeness (QED) is 0.559. The summed E-state index contributed by atoms with van der Waals surface area (Å²) in [6, 6.07) is 11.6. The lowest BCUT2D eigenvalue weighted by Gasteiger charge is -2.20. The second-order valence-electron chi connectivity index (χ2n) is 5.17. The molecule has 1 aromatic carbocycles. The molecule has 0 spiro atoms. The fraction of sp³-hybridized carbons (Fsp3) is 0.176. The Bertz CT molecular complexity index is 804. The Hall–Kier alpha value is -1.60. The Morgan fingerprint density at radius 2 is 1.96 bits per heavy atom. The number of thiazole rings is 1. The molecule has 4 nitrogen and oxygen atoms in total. The van der Waals surface area contributed by atoms with E-state index in [0.717, 1.165) is 16.4 Å². The lowest BCUT2D eigenvalue weighted by atomic mass is 10.2. The zero-order valence-electron chi connectivity index (χ0n) is 13.1. The van der Waals surface area contributed by atoms with Crippen molar-refractivity contribution in [1.82, 2.24) is 4.98 Å². The molecular weight excluding hydrogens is 399 g/mol. The second kappa shape index (κ2) is 9.20. The van der Waals surface area contributed by atoms with Crippen LogP contribution in [0, 0.1) is 0 Å². The first-order valence-electron chi connectivity index (χ1n) is 7.32. The van der Waals surface area contributed by atoms with Crippen LogP contribution in [0.4, 0.5) is 5.13 Å². The van der Waals surface area contributed by atoms with Crippen LogP contribution in [0.1, 0.15) is 11.3 Å². The van der Waals surface area contributed by atoms with Gasteiger partial charge in [0.1, 0.15) is 0 Å². The second-order valence-corrected chi connectivity index (χ2v) is 7.47. The Balaban J connectivity index is 0.00000225. The Morgan fingerprint density at radius 1 is 1.20 bits per heavy atom. The largest absolute Gasteiger partial charge is 0.481 e. The summed E-state index contributed by atoms with van der Waals surface area (Å²) >= 11 is 9.11. The highest BCUT2D eigenvalue weighted by Crippen LogP contribution is 2.29. The first-order valence-corrected chi connectivity index (χ1v) is 9.46. The van der Waals surface area contributed by atoms with Gasteiger partial charge in [0, 0.05) is 27.4 Å². The summed E-state index contributed by atoms with van der Waals surface area (Å²) in [5.41, 5.74) is 1.87. The number of benzene rings is 1. The number of hydrogen-bond acceptors (Lipinski definition) is 5. The molecule has 25 heavy (non-hydrogen) atoms. The number of thiophene rings is 1. The number of aromatic nitrogens is 1. The van der Waals surface area contributed by atoms with Gasteiger partial charge in [-0.15, -0.1) is 35.1 Å². The van der Waals surface area contributed by atoms with Crippen LogP contribution in [0.15, 0.2) is 47.2 Å². The number of carboxylic acids is 1. The smallest absolute Gasteiger partial charge is 0.305 e. The molecule has 0 unspecified atom stereocenters. The Labute approximate surface area is 165 Å². The van der Waals surface area contributed by atoms with E-state index >= 15 is 0 Å². The van der Waals surface area contributed by atoms with Crippen LogP contribution >= 0.6 is 46.7 Å². The van der Waals surface area contributed by atoms with Crippen molar-refractivity contribution in [3.63, 3.8) is 0 Å². The standard InChI is InChI=1S/C17H15ClN2O2S2.ClH/c18-13-5-3-12(4-6-13)15-11-24-17(19-15)20(8-7-16(21)22)10-14-2-1-9-23-14;/h1-6,9,11H,7-8,10H2,(H,21,22);1H. The fourth-order valence-electron chi connectivity index (χ4n) is 2.23. The molecule has 0 atom stereocenters. The predicted molar refractivity (Wildman–Crippen MR) is 107 cm³/mol. The van der Waals surface area contributed by atoms with E-state index in [0.29, 0.717) is 18.1 Å². The Kier molecular flexibility index (Phi) is 7.25. The van der Waals surface area contributed by atoms with E-state index in [1.807, 2.05) is 52.1 Å². The minimum atomic E-state index is -0.805. The van der Waals surface area contributed by atoms with Crippen molar-refractivity contribution in [2.24, 2.45) is 0 Å². The summed E-state index contributed by atoms with van der Waals surface area (Å²) in [7, 11) is 0. The lowest BCUT2D eigenvalue weighted by Crippen LogP contribution is -2.25. The van der Waals surface area contributed by atoms with Gasteiger partial charge in [-0.3, -0.25) is 4.79 Å². The number of halogens is 2. The maximum atomic E-state index is 10.9. The highest BCUT2D eigenvalue weighted by atomic mass is 35.5. The molecule has 3 rings (SSSR count). The van der Waals surface area contributed by atoms with Crippen LogP contribution < -0.4 is 4.90 Å². The zero-order valence-corrected chi connectivity index (χ0v) is 16.3. The maximum absolute atomic E-state index is 10.9. The summed E-state index contributed by atoms with van der Waals surface area (Å²) in [5.74, 6) is -0.805. The summed E-state index contributed by atoms with van der Waals surface area (Å²) < 4.78 is 0. The number of nitrogens with zero attached hydrogens (tertiary/aromatic N) is 2. The number of hydrogen-bond donors (Lipinski definition) is 1. The van der Waals surface area contributed by atoms with Crippen molar-refractivity contribution in [3.8, 4) is 11.3 Å². The summed E-state index contributed by atoms with van der Waals surface area (Å²) in [6.45, 7) is 1.10. The first-order chi connectivity index (χ1) is 11.6. The van der Waals surface area contributed by atoms with Gasteiger partial charge < -0.3 is 10.0 Å². The summed E-state index contributed by atoms with van der Waals surface area (Å²) in [4.78, 5) is 18.8. The molecule has 2 heterocycles. The van der Waals surface area contributed by atoms with Gasteiger partial charge in [0.2, 0.25) is 0 Å². The predicted octanol–water partition coefficient (Wildman–Crippen LogP) is 5.43. The van der Waals surface area contributed by atoms with Crippen molar-refractivity contribution in [3.05, 3.63) is 57.1 Å². The molecule has 3 aromatic rings. The van der Waals surface area contributed by atoms with E-state index in [1.54, 1.807) is 11.3 Å². The third-order valence-corrected chi connectivity index (χ3v) is 5.44. The van der Waals surface area contributed by atoms with E-state index in [4.69, 9.17) is 16.7 Å². The van der Waals surface area contributed by atoms with Crippen LogP contribution in [-0.2, 0) is 11.3 Å². The molecule has 0 saturated carbocycles. The highest BCUT2D eigenvalue weighted by molar-refractivity contribution is 7.14. The average molecular weight is 415 g/mol. The van der Waals surface area contributed by atoms with Gasteiger partial charge in [0.15, 0.2) is 5.13 Å². The van der Waals surface area contributed by atoms with Crippen LogP contribution in [0.2, 0.25) is 5.02 Å². The molecule has 2 aromatic heterocycles. The zero-order chi connectivity index (χ0) is 16.9. The monoisotopic (exact) mass is 414 g/mol. The van der Waals surface area contributed by atoms with Crippen LogP contribution in [-0.4, -0.2) is 22.6 Å². The molecule has 1 N–H and O–H groups in total. The molecule has 0 fully saturated rings. The maximum Gasteiger partial charge on any atom is 0.305 e. The summed E-state index contributed by atoms with van der Waals surface area (Å²) in [5, 5.41) is 14.5. The SMILES string of the molecule is Cl.O=C(O)CCN(Cc1cccs1)c1nc(-c2ccc(Cl)cc2)cs1. The lowest BCUT2D eigenvalue weighted by molar-refractivity contribution is -0.136. The van der Waals surface area contributed by atoms with E-state index in [-0.39, 0.29) is 18.8 Å². The van der Waals surface area contributed by atoms with Crippen molar-refractivity contribution in [2.45, 2.75) is 13.0 Å². The van der Waals surface area contributed by atoms with E-state index in [1.165, 1.54) is 16.2 Å². The van der Waals surface area contributed by atoms with Gasteiger partial charge in [-0.1, -0.05) is 29.8 Å². The molecule has 0 radical (unpaired) electrons.